The number of nitrogens with one attached hydrogen (secondary N) is 1. The first-order valence-electron chi connectivity index (χ1n) is 10.3. The van der Waals surface area contributed by atoms with Crippen molar-refractivity contribution >= 4 is 33.1 Å². The number of nitrogen functional groups attached to an aromatic ring is 1. The Morgan fingerprint density at radius 1 is 1.06 bits per heavy atom. The standard InChI is InChI=1S/C23H26N2O5S/c1-12-8-9-17(23(2,3)11-12)25-15-10-16(31(28,29)30)20(24)19-18(15)21(26)13-6-4-5-7-14(13)22(19)27/h4-7,10,12,17,25H,8-9,11,24H2,1-3H3,(H,28,29,30). The Hall–Kier alpha value is -2.71. The molecule has 1 saturated carbocycles. The Kier molecular flexibility index (Phi) is 4.98. The normalized spacial score (nSPS) is 22.6. The molecule has 0 saturated heterocycles. The molecule has 2 aliphatic rings. The molecule has 0 spiro atoms. The summed E-state index contributed by atoms with van der Waals surface area (Å²) in [6.45, 7) is 6.44. The van der Waals surface area contributed by atoms with Gasteiger partial charge in [0.1, 0.15) is 4.90 Å². The number of ketones is 2. The van der Waals surface area contributed by atoms with E-state index >= 15 is 0 Å². The summed E-state index contributed by atoms with van der Waals surface area (Å²) in [6.07, 6.45) is 2.77. The molecular weight excluding hydrogens is 416 g/mol. The van der Waals surface area contributed by atoms with Gasteiger partial charge < -0.3 is 11.1 Å². The minimum absolute atomic E-state index is 0.0502. The Morgan fingerprint density at radius 3 is 2.19 bits per heavy atom. The topological polar surface area (TPSA) is 127 Å². The highest BCUT2D eigenvalue weighted by atomic mass is 32.2. The summed E-state index contributed by atoms with van der Waals surface area (Å²) >= 11 is 0. The maximum absolute atomic E-state index is 13.4. The molecule has 8 heteroatoms. The lowest BCUT2D eigenvalue weighted by Gasteiger charge is -2.43. The van der Waals surface area contributed by atoms with E-state index in [-0.39, 0.29) is 39.4 Å². The summed E-state index contributed by atoms with van der Waals surface area (Å²) in [5.41, 5.74) is 6.00. The molecule has 0 aromatic heterocycles. The van der Waals surface area contributed by atoms with Gasteiger partial charge in [0.2, 0.25) is 0 Å². The number of rotatable bonds is 3. The van der Waals surface area contributed by atoms with E-state index in [0.717, 1.165) is 19.3 Å². The maximum atomic E-state index is 13.4. The van der Waals surface area contributed by atoms with E-state index in [9.17, 15) is 22.6 Å². The van der Waals surface area contributed by atoms with Gasteiger partial charge in [-0.15, -0.1) is 0 Å². The van der Waals surface area contributed by atoms with Crippen molar-refractivity contribution in [1.82, 2.24) is 0 Å². The van der Waals surface area contributed by atoms with Gasteiger partial charge in [-0.25, -0.2) is 0 Å². The van der Waals surface area contributed by atoms with Crippen molar-refractivity contribution in [3.05, 3.63) is 52.6 Å². The number of benzene rings is 2. The fraction of sp³-hybridized carbons (Fsp3) is 0.391. The number of hydrogen-bond donors (Lipinski definition) is 3. The lowest BCUT2D eigenvalue weighted by Crippen LogP contribution is -2.42. The number of nitrogens with two attached hydrogens (primary N) is 1. The van der Waals surface area contributed by atoms with E-state index in [1.54, 1.807) is 18.2 Å². The van der Waals surface area contributed by atoms with Crippen molar-refractivity contribution in [3.63, 3.8) is 0 Å². The number of hydrogen-bond acceptors (Lipinski definition) is 6. The maximum Gasteiger partial charge on any atom is 0.296 e. The SMILES string of the molecule is CC1CCC(Nc2cc(S(=O)(=O)O)c(N)c3c2C(=O)c2ccccc2C3=O)C(C)(C)C1. The Bertz CT molecular complexity index is 1220. The second-order valence-electron chi connectivity index (χ2n) is 9.34. The van der Waals surface area contributed by atoms with Gasteiger partial charge in [-0.3, -0.25) is 14.1 Å². The van der Waals surface area contributed by atoms with Crippen LogP contribution in [0.2, 0.25) is 0 Å². The summed E-state index contributed by atoms with van der Waals surface area (Å²) < 4.78 is 33.8. The Balaban J connectivity index is 1.94. The number of carbonyl (C=O) groups excluding carboxylic acids is 2. The molecule has 2 aliphatic carbocycles. The monoisotopic (exact) mass is 442 g/mol. The predicted molar refractivity (Wildman–Crippen MR) is 118 cm³/mol. The molecule has 0 bridgehead atoms. The van der Waals surface area contributed by atoms with Crippen LogP contribution in [0.15, 0.2) is 35.2 Å². The summed E-state index contributed by atoms with van der Waals surface area (Å²) in [7, 11) is -4.71. The molecule has 4 rings (SSSR count). The quantitative estimate of drug-likeness (QED) is 0.414. The van der Waals surface area contributed by atoms with Crippen molar-refractivity contribution in [1.29, 1.82) is 0 Å². The molecule has 0 aliphatic heterocycles. The van der Waals surface area contributed by atoms with E-state index in [1.807, 2.05) is 0 Å². The van der Waals surface area contributed by atoms with E-state index in [4.69, 9.17) is 5.73 Å². The molecule has 2 unspecified atom stereocenters. The van der Waals surface area contributed by atoms with Crippen LogP contribution in [0, 0.1) is 11.3 Å². The fourth-order valence-corrected chi connectivity index (χ4v) is 5.71. The van der Waals surface area contributed by atoms with Crippen LogP contribution < -0.4 is 11.1 Å². The summed E-state index contributed by atoms with van der Waals surface area (Å²) in [5.74, 6) is -0.382. The summed E-state index contributed by atoms with van der Waals surface area (Å²) in [5, 5.41) is 3.34. The lowest BCUT2D eigenvalue weighted by atomic mass is 9.69. The van der Waals surface area contributed by atoms with E-state index in [0.29, 0.717) is 5.92 Å². The molecule has 0 heterocycles. The third kappa shape index (κ3) is 3.53. The van der Waals surface area contributed by atoms with Gasteiger partial charge in [0.05, 0.1) is 16.8 Å². The third-order valence-corrected chi connectivity index (χ3v) is 7.47. The zero-order valence-corrected chi connectivity index (χ0v) is 18.5. The van der Waals surface area contributed by atoms with E-state index in [2.05, 4.69) is 26.1 Å². The van der Waals surface area contributed by atoms with Gasteiger partial charge in [-0.1, -0.05) is 45.0 Å². The number of carbonyl (C=O) groups is 2. The third-order valence-electron chi connectivity index (χ3n) is 6.57. The lowest BCUT2D eigenvalue weighted by molar-refractivity contribution is 0.0979. The van der Waals surface area contributed by atoms with Crippen molar-refractivity contribution < 1.29 is 22.6 Å². The fourth-order valence-electron chi connectivity index (χ4n) is 5.06. The van der Waals surface area contributed by atoms with Gasteiger partial charge in [0.25, 0.3) is 10.1 Å². The minimum atomic E-state index is -4.71. The predicted octanol–water partition coefficient (Wildman–Crippen LogP) is 3.92. The van der Waals surface area contributed by atoms with Crippen LogP contribution in [0.1, 0.15) is 71.9 Å². The first kappa shape index (κ1) is 21.5. The molecule has 2 aromatic carbocycles. The molecule has 31 heavy (non-hydrogen) atoms. The van der Waals surface area contributed by atoms with E-state index in [1.165, 1.54) is 12.1 Å². The summed E-state index contributed by atoms with van der Waals surface area (Å²) in [6, 6.07) is 7.51. The first-order valence-corrected chi connectivity index (χ1v) is 11.7. The average molecular weight is 443 g/mol. The Morgan fingerprint density at radius 2 is 1.65 bits per heavy atom. The van der Waals surface area contributed by atoms with Crippen LogP contribution >= 0.6 is 0 Å². The highest BCUT2D eigenvalue weighted by Gasteiger charge is 2.39. The largest absolute Gasteiger partial charge is 0.397 e. The van der Waals surface area contributed by atoms with Gasteiger partial charge >= 0.3 is 0 Å². The smallest absolute Gasteiger partial charge is 0.296 e. The minimum Gasteiger partial charge on any atom is -0.397 e. The van der Waals surface area contributed by atoms with Crippen molar-refractivity contribution in [2.75, 3.05) is 11.1 Å². The van der Waals surface area contributed by atoms with E-state index < -0.39 is 32.3 Å². The van der Waals surface area contributed by atoms with Crippen LogP contribution in [-0.4, -0.2) is 30.6 Å². The first-order chi connectivity index (χ1) is 14.4. The molecular formula is C23H26N2O5S. The van der Waals surface area contributed by atoms with Crippen molar-refractivity contribution in [2.45, 2.75) is 51.0 Å². The average Bonchev–Trinajstić information content (AvgIpc) is 2.67. The zero-order chi connectivity index (χ0) is 22.7. The Labute approximate surface area is 181 Å². The molecule has 164 valence electrons. The second-order valence-corrected chi connectivity index (χ2v) is 10.7. The van der Waals surface area contributed by atoms with Gasteiger partial charge in [0, 0.05) is 22.9 Å². The van der Waals surface area contributed by atoms with Crippen LogP contribution in [-0.2, 0) is 10.1 Å². The molecule has 7 nitrogen and oxygen atoms in total. The van der Waals surface area contributed by atoms with Crippen LogP contribution in [0.5, 0.6) is 0 Å². The highest BCUT2D eigenvalue weighted by molar-refractivity contribution is 7.86. The van der Waals surface area contributed by atoms with Gasteiger partial charge in [-0.05, 0) is 36.7 Å². The molecule has 4 N–H and O–H groups in total. The molecule has 0 radical (unpaired) electrons. The van der Waals surface area contributed by atoms with Crippen LogP contribution in [0.3, 0.4) is 0 Å². The van der Waals surface area contributed by atoms with Crippen LogP contribution in [0.4, 0.5) is 11.4 Å². The van der Waals surface area contributed by atoms with Crippen LogP contribution in [0.25, 0.3) is 0 Å². The summed E-state index contributed by atoms with van der Waals surface area (Å²) in [4.78, 5) is 26.0. The second kappa shape index (κ2) is 7.17. The highest BCUT2D eigenvalue weighted by Crippen LogP contribution is 2.43. The van der Waals surface area contributed by atoms with Crippen molar-refractivity contribution in [2.24, 2.45) is 11.3 Å². The zero-order valence-electron chi connectivity index (χ0n) is 17.7. The van der Waals surface area contributed by atoms with Crippen molar-refractivity contribution in [3.8, 4) is 0 Å². The number of fused-ring (bicyclic) bond motifs is 2. The number of anilines is 2. The molecule has 2 atom stereocenters. The molecule has 2 aromatic rings. The molecule has 1 fully saturated rings. The van der Waals surface area contributed by atoms with Gasteiger partial charge in [0.15, 0.2) is 11.6 Å². The molecule has 0 amide bonds. The van der Waals surface area contributed by atoms with Gasteiger partial charge in [-0.2, -0.15) is 8.42 Å².